The van der Waals surface area contributed by atoms with Crippen LogP contribution in [0.5, 0.6) is 5.75 Å². The van der Waals surface area contributed by atoms with Crippen molar-refractivity contribution in [2.45, 2.75) is 6.54 Å². The summed E-state index contributed by atoms with van der Waals surface area (Å²) in [5.41, 5.74) is 0.845. The van der Waals surface area contributed by atoms with Crippen LogP contribution in [0.3, 0.4) is 0 Å². The minimum atomic E-state index is -0.415. The van der Waals surface area contributed by atoms with Crippen LogP contribution in [0.15, 0.2) is 33.9 Å². The number of rotatable bonds is 7. The van der Waals surface area contributed by atoms with Crippen molar-refractivity contribution in [3.05, 3.63) is 50.7 Å². The zero-order valence-electron chi connectivity index (χ0n) is 15.9. The first-order valence-corrected chi connectivity index (χ1v) is 8.50. The Hall–Kier alpha value is -3.07. The maximum Gasteiger partial charge on any atom is 0.332 e. The Kier molecular flexibility index (Phi) is 5.31. The first-order chi connectivity index (χ1) is 13.0. The fourth-order valence-corrected chi connectivity index (χ4v) is 2.95. The number of nitrogens with zero attached hydrogens (tertiary/aromatic N) is 4. The predicted molar refractivity (Wildman–Crippen MR) is 103 cm³/mol. The number of hydrogen-bond acceptors (Lipinski definition) is 6. The molecule has 0 aliphatic heterocycles. The average Bonchev–Trinajstić information content (AvgIpc) is 3.03. The predicted octanol–water partition coefficient (Wildman–Crippen LogP) is 0.549. The summed E-state index contributed by atoms with van der Waals surface area (Å²) in [5, 5.41) is 3.18. The number of anilines is 1. The summed E-state index contributed by atoms with van der Waals surface area (Å²) < 4.78 is 14.6. The van der Waals surface area contributed by atoms with Gasteiger partial charge in [-0.2, -0.15) is 4.98 Å². The molecule has 0 aliphatic carbocycles. The number of aryl methyl sites for hydroxylation is 1. The van der Waals surface area contributed by atoms with Gasteiger partial charge in [-0.15, -0.1) is 0 Å². The highest BCUT2D eigenvalue weighted by atomic mass is 16.5. The van der Waals surface area contributed by atoms with Crippen molar-refractivity contribution in [1.29, 1.82) is 0 Å². The molecule has 3 rings (SSSR count). The van der Waals surface area contributed by atoms with Crippen LogP contribution in [0.1, 0.15) is 5.56 Å². The van der Waals surface area contributed by atoms with Crippen LogP contribution < -0.4 is 21.3 Å². The monoisotopic (exact) mass is 373 g/mol. The number of aromatic nitrogens is 4. The first kappa shape index (κ1) is 18.7. The van der Waals surface area contributed by atoms with Gasteiger partial charge in [0, 0.05) is 27.7 Å². The van der Waals surface area contributed by atoms with E-state index in [1.165, 1.54) is 11.6 Å². The number of fused-ring (bicyclic) bond motifs is 1. The smallest absolute Gasteiger partial charge is 0.332 e. The van der Waals surface area contributed by atoms with Crippen LogP contribution in [-0.4, -0.2) is 46.1 Å². The molecule has 144 valence electrons. The van der Waals surface area contributed by atoms with Crippen LogP contribution in [0.25, 0.3) is 11.2 Å². The summed E-state index contributed by atoms with van der Waals surface area (Å²) in [6.45, 7) is 1.40. The molecule has 1 aromatic carbocycles. The van der Waals surface area contributed by atoms with Crippen LogP contribution in [0.2, 0.25) is 0 Å². The van der Waals surface area contributed by atoms with Crippen molar-refractivity contribution in [3.63, 3.8) is 0 Å². The van der Waals surface area contributed by atoms with E-state index in [1.54, 1.807) is 25.8 Å². The number of hydrogen-bond donors (Lipinski definition) is 1. The molecule has 0 amide bonds. The summed E-state index contributed by atoms with van der Waals surface area (Å²) >= 11 is 0. The first-order valence-electron chi connectivity index (χ1n) is 8.50. The second-order valence-electron chi connectivity index (χ2n) is 6.17. The van der Waals surface area contributed by atoms with E-state index >= 15 is 0 Å². The molecule has 0 saturated carbocycles. The van der Waals surface area contributed by atoms with E-state index in [1.807, 2.05) is 24.3 Å². The summed E-state index contributed by atoms with van der Waals surface area (Å²) in [5.74, 6) is 1.23. The Morgan fingerprint density at radius 1 is 1.15 bits per heavy atom. The van der Waals surface area contributed by atoms with Crippen molar-refractivity contribution in [1.82, 2.24) is 18.7 Å². The molecule has 0 saturated heterocycles. The zero-order chi connectivity index (χ0) is 19.6. The fraction of sp³-hybridized carbons (Fsp3) is 0.389. The zero-order valence-corrected chi connectivity index (χ0v) is 15.9. The highest BCUT2D eigenvalue weighted by molar-refractivity contribution is 5.74. The number of nitrogens with one attached hydrogen (secondary N) is 1. The van der Waals surface area contributed by atoms with Crippen LogP contribution >= 0.6 is 0 Å². The highest BCUT2D eigenvalue weighted by Gasteiger charge is 2.19. The maximum atomic E-state index is 12.8. The molecule has 0 bridgehead atoms. The lowest BCUT2D eigenvalue weighted by Gasteiger charge is -2.11. The van der Waals surface area contributed by atoms with Gasteiger partial charge >= 0.3 is 5.69 Å². The Bertz CT molecular complexity index is 1080. The Balaban J connectivity index is 2.18. The van der Waals surface area contributed by atoms with Gasteiger partial charge in [0.15, 0.2) is 11.2 Å². The van der Waals surface area contributed by atoms with E-state index in [0.717, 1.165) is 15.9 Å². The van der Waals surface area contributed by atoms with Gasteiger partial charge in [-0.05, 0) is 17.7 Å². The van der Waals surface area contributed by atoms with Gasteiger partial charge in [0.1, 0.15) is 5.75 Å². The molecular formula is C18H23N5O4. The normalized spacial score (nSPS) is 11.1. The van der Waals surface area contributed by atoms with E-state index in [9.17, 15) is 9.59 Å². The summed E-state index contributed by atoms with van der Waals surface area (Å²) in [6, 6.07) is 7.59. The Labute approximate surface area is 155 Å². The van der Waals surface area contributed by atoms with Crippen molar-refractivity contribution in [2.75, 3.05) is 32.7 Å². The molecule has 2 heterocycles. The lowest BCUT2D eigenvalue weighted by molar-refractivity contribution is 0.210. The summed E-state index contributed by atoms with van der Waals surface area (Å²) in [4.78, 5) is 29.5. The molecule has 0 fully saturated rings. The molecule has 0 aliphatic rings. The van der Waals surface area contributed by atoms with Crippen LogP contribution in [0, 0.1) is 0 Å². The number of ether oxygens (including phenoxy) is 2. The average molecular weight is 373 g/mol. The molecule has 2 aromatic heterocycles. The van der Waals surface area contributed by atoms with Gasteiger partial charge in [-0.3, -0.25) is 18.5 Å². The van der Waals surface area contributed by atoms with Gasteiger partial charge in [-0.1, -0.05) is 12.1 Å². The molecule has 0 unspecified atom stereocenters. The van der Waals surface area contributed by atoms with E-state index in [4.69, 9.17) is 9.47 Å². The number of benzene rings is 1. The van der Waals surface area contributed by atoms with Crippen molar-refractivity contribution in [3.8, 4) is 5.75 Å². The summed E-state index contributed by atoms with van der Waals surface area (Å²) in [6.07, 6.45) is 0. The molecular weight excluding hydrogens is 350 g/mol. The minimum absolute atomic E-state index is 0.339. The third kappa shape index (κ3) is 3.45. The number of methoxy groups -OCH3 is 2. The second-order valence-corrected chi connectivity index (χ2v) is 6.17. The van der Waals surface area contributed by atoms with Gasteiger partial charge in [-0.25, -0.2) is 4.79 Å². The van der Waals surface area contributed by atoms with Crippen LogP contribution in [0.4, 0.5) is 5.95 Å². The molecule has 0 spiro atoms. The lowest BCUT2D eigenvalue weighted by Crippen LogP contribution is -2.37. The topological polar surface area (TPSA) is 92.3 Å². The fourth-order valence-electron chi connectivity index (χ4n) is 2.95. The SMILES string of the molecule is COCCNc1nc2c(c(=O)n(C)c(=O)n2C)n1Cc1cccc(OC)c1. The summed E-state index contributed by atoms with van der Waals surface area (Å²) in [7, 11) is 6.28. The van der Waals surface area contributed by atoms with Crippen molar-refractivity contribution >= 4 is 17.1 Å². The number of imidazole rings is 1. The molecule has 0 radical (unpaired) electrons. The maximum absolute atomic E-state index is 12.8. The molecule has 1 N–H and O–H groups in total. The standard InChI is InChI=1S/C18H23N5O4/c1-21-15-14(16(24)22(2)18(21)25)23(17(20-15)19-8-9-26-3)11-12-6-5-7-13(10-12)27-4/h5-7,10H,8-9,11H2,1-4H3,(H,19,20). The lowest BCUT2D eigenvalue weighted by atomic mass is 10.2. The molecule has 9 heteroatoms. The van der Waals surface area contributed by atoms with Gasteiger partial charge in [0.05, 0.1) is 20.3 Å². The third-order valence-corrected chi connectivity index (χ3v) is 4.41. The molecule has 3 aromatic rings. The van der Waals surface area contributed by atoms with Crippen molar-refractivity contribution < 1.29 is 9.47 Å². The van der Waals surface area contributed by atoms with E-state index < -0.39 is 5.69 Å². The van der Waals surface area contributed by atoms with E-state index in [2.05, 4.69) is 10.3 Å². The molecule has 9 nitrogen and oxygen atoms in total. The molecule has 0 atom stereocenters. The van der Waals surface area contributed by atoms with Crippen LogP contribution in [-0.2, 0) is 25.4 Å². The van der Waals surface area contributed by atoms with Crippen molar-refractivity contribution in [2.24, 2.45) is 14.1 Å². The minimum Gasteiger partial charge on any atom is -0.497 e. The van der Waals surface area contributed by atoms with Gasteiger partial charge in [0.2, 0.25) is 5.95 Å². The van der Waals surface area contributed by atoms with Gasteiger partial charge < -0.3 is 14.8 Å². The Morgan fingerprint density at radius 3 is 2.63 bits per heavy atom. The third-order valence-electron chi connectivity index (χ3n) is 4.41. The second kappa shape index (κ2) is 7.67. The Morgan fingerprint density at radius 2 is 1.93 bits per heavy atom. The van der Waals surface area contributed by atoms with Gasteiger partial charge in [0.25, 0.3) is 5.56 Å². The largest absolute Gasteiger partial charge is 0.497 e. The van der Waals surface area contributed by atoms with E-state index in [-0.39, 0.29) is 5.56 Å². The molecule has 27 heavy (non-hydrogen) atoms. The van der Waals surface area contributed by atoms with E-state index in [0.29, 0.717) is 36.8 Å². The quantitative estimate of drug-likeness (QED) is 0.608. The highest BCUT2D eigenvalue weighted by Crippen LogP contribution is 2.20.